The highest BCUT2D eigenvalue weighted by Crippen LogP contribution is 2.42. The van der Waals surface area contributed by atoms with Gasteiger partial charge in [-0.3, -0.25) is 4.52 Å². The van der Waals surface area contributed by atoms with Crippen molar-refractivity contribution in [3.05, 3.63) is 35.7 Å². The van der Waals surface area contributed by atoms with E-state index in [2.05, 4.69) is 25.3 Å². The van der Waals surface area contributed by atoms with Gasteiger partial charge in [-0.05, 0) is 38.7 Å². The first kappa shape index (κ1) is 21.1. The molecule has 0 spiro atoms. The fourth-order valence-electron chi connectivity index (χ4n) is 4.09. The molecular formula is C20H25FN5O3P. The van der Waals surface area contributed by atoms with Crippen LogP contribution in [0.3, 0.4) is 0 Å². The van der Waals surface area contributed by atoms with Crippen LogP contribution in [-0.2, 0) is 10.1 Å². The highest BCUT2D eigenvalue weighted by atomic mass is 31.2. The van der Waals surface area contributed by atoms with E-state index in [1.807, 2.05) is 0 Å². The number of anilines is 1. The van der Waals surface area contributed by atoms with Crippen LogP contribution >= 0.6 is 8.60 Å². The second-order valence-corrected chi connectivity index (χ2v) is 8.70. The number of benzene rings is 1. The van der Waals surface area contributed by atoms with Crippen molar-refractivity contribution in [1.29, 1.82) is 0 Å². The van der Waals surface area contributed by atoms with Crippen LogP contribution in [0.5, 0.6) is 0 Å². The van der Waals surface area contributed by atoms with E-state index in [1.54, 1.807) is 27.0 Å². The molecule has 0 bridgehead atoms. The Bertz CT molecular complexity index is 1050. The number of H-pyrrole nitrogens is 1. The van der Waals surface area contributed by atoms with Crippen LogP contribution < -0.4 is 5.32 Å². The Hall–Kier alpha value is -2.19. The largest absolute Gasteiger partial charge is 0.359 e. The molecule has 8 nitrogen and oxygen atoms in total. The van der Waals surface area contributed by atoms with Crippen molar-refractivity contribution in [2.75, 3.05) is 12.4 Å². The average Bonchev–Trinajstić information content (AvgIpc) is 3.36. The third-order valence-corrected chi connectivity index (χ3v) is 6.18. The predicted octanol–water partition coefficient (Wildman–Crippen LogP) is 4.32. The lowest BCUT2D eigenvalue weighted by Gasteiger charge is -2.23. The zero-order chi connectivity index (χ0) is 21.5. The Morgan fingerprint density at radius 1 is 1.23 bits per heavy atom. The summed E-state index contributed by atoms with van der Waals surface area (Å²) < 4.78 is 20.9. The fraction of sp³-hybridized carbons (Fsp3) is 0.450. The zero-order valence-corrected chi connectivity index (χ0v) is 18.0. The second kappa shape index (κ2) is 8.15. The quantitative estimate of drug-likeness (QED) is 0.428. The maximum Gasteiger partial charge on any atom is 0.328 e. The summed E-state index contributed by atoms with van der Waals surface area (Å²) in [7, 11) is -0.786. The van der Waals surface area contributed by atoms with Gasteiger partial charge in [0.25, 0.3) is 0 Å². The lowest BCUT2D eigenvalue weighted by molar-refractivity contribution is 0.0802. The summed E-state index contributed by atoms with van der Waals surface area (Å²) in [5.41, 5.74) is 1.93. The summed E-state index contributed by atoms with van der Waals surface area (Å²) in [4.78, 5) is 34.6. The molecule has 2 heterocycles. The van der Waals surface area contributed by atoms with Crippen molar-refractivity contribution in [2.24, 2.45) is 0 Å². The van der Waals surface area contributed by atoms with Crippen molar-refractivity contribution in [1.82, 2.24) is 19.9 Å². The molecule has 0 atom stereocenters. The van der Waals surface area contributed by atoms with Crippen LogP contribution in [0.2, 0.25) is 0 Å². The van der Waals surface area contributed by atoms with Gasteiger partial charge in [0, 0.05) is 36.1 Å². The number of nitrogens with zero attached hydrogens (tertiary/aromatic N) is 3. The molecule has 2 aromatic heterocycles. The topological polar surface area (TPSA) is 116 Å². The molecule has 1 aliphatic carbocycles. The highest BCUT2D eigenvalue weighted by molar-refractivity contribution is 7.39. The molecule has 1 fully saturated rings. The fourth-order valence-corrected chi connectivity index (χ4v) is 4.58. The Morgan fingerprint density at radius 3 is 2.50 bits per heavy atom. The van der Waals surface area contributed by atoms with Crippen molar-refractivity contribution < 1.29 is 18.7 Å². The Morgan fingerprint density at radius 2 is 1.90 bits per heavy atom. The molecule has 0 radical (unpaired) electrons. The molecule has 3 aromatic rings. The summed E-state index contributed by atoms with van der Waals surface area (Å²) in [6.45, 7) is 3.27. The summed E-state index contributed by atoms with van der Waals surface area (Å²) in [6.07, 6.45) is 7.13. The van der Waals surface area contributed by atoms with Crippen LogP contribution in [0.25, 0.3) is 22.2 Å². The third-order valence-electron chi connectivity index (χ3n) is 5.56. The molecule has 30 heavy (non-hydrogen) atoms. The van der Waals surface area contributed by atoms with Gasteiger partial charge in [0.1, 0.15) is 11.4 Å². The monoisotopic (exact) mass is 433 g/mol. The first-order valence-corrected chi connectivity index (χ1v) is 11.1. The average molecular weight is 433 g/mol. The number of hydrogen-bond acceptors (Lipinski definition) is 7. The Labute approximate surface area is 174 Å². The van der Waals surface area contributed by atoms with Gasteiger partial charge in [0.2, 0.25) is 5.95 Å². The van der Waals surface area contributed by atoms with E-state index in [4.69, 9.17) is 14.3 Å². The number of aromatic amines is 1. The second-order valence-electron chi connectivity index (χ2n) is 8.01. The van der Waals surface area contributed by atoms with E-state index in [-0.39, 0.29) is 17.6 Å². The summed E-state index contributed by atoms with van der Waals surface area (Å²) in [5.74, 6) is 0.722. The maximum atomic E-state index is 15.7. The number of hydrogen-bond donors (Lipinski definition) is 4. The standard InChI is InChI=1S/C20H25FN5O3P/c1-20(2,29-30(27)28)18-23-9-12(10-24-18)13-8-14-17(26-19(22-3)25-14)15(16(13)21)11-6-4-5-7-11/h8-11,27-28H,4-7H2,1-3H3,(H2,22,25,26). The lowest BCUT2D eigenvalue weighted by Crippen LogP contribution is -2.22. The van der Waals surface area contributed by atoms with Gasteiger partial charge in [-0.15, -0.1) is 0 Å². The molecule has 0 amide bonds. The SMILES string of the molecule is CNc1nc2c(C3CCCC3)c(F)c(-c3cnc(C(C)(C)OP(O)O)nc3)cc2[nH]1. The van der Waals surface area contributed by atoms with Crippen molar-refractivity contribution in [2.45, 2.75) is 51.0 Å². The van der Waals surface area contributed by atoms with Gasteiger partial charge in [-0.1, -0.05) is 12.8 Å². The van der Waals surface area contributed by atoms with E-state index in [0.717, 1.165) is 31.2 Å². The molecule has 0 saturated heterocycles. The normalized spacial score (nSPS) is 15.4. The predicted molar refractivity (Wildman–Crippen MR) is 113 cm³/mol. The molecule has 1 aromatic carbocycles. The summed E-state index contributed by atoms with van der Waals surface area (Å²) >= 11 is 0. The van der Waals surface area contributed by atoms with Crippen LogP contribution in [0.4, 0.5) is 10.3 Å². The van der Waals surface area contributed by atoms with E-state index < -0.39 is 14.2 Å². The highest BCUT2D eigenvalue weighted by Gasteiger charge is 2.30. The number of halogens is 1. The third kappa shape index (κ3) is 3.90. The number of aromatic nitrogens is 4. The summed E-state index contributed by atoms with van der Waals surface area (Å²) in [6, 6.07) is 1.73. The van der Waals surface area contributed by atoms with E-state index in [0.29, 0.717) is 28.2 Å². The summed E-state index contributed by atoms with van der Waals surface area (Å²) in [5, 5.41) is 2.99. The number of imidazole rings is 1. The van der Waals surface area contributed by atoms with Gasteiger partial charge < -0.3 is 20.1 Å². The minimum absolute atomic E-state index is 0.140. The molecule has 0 unspecified atom stereocenters. The Balaban J connectivity index is 1.80. The van der Waals surface area contributed by atoms with Crippen LogP contribution in [0, 0.1) is 5.82 Å². The van der Waals surface area contributed by atoms with Crippen molar-refractivity contribution in [3.63, 3.8) is 0 Å². The van der Waals surface area contributed by atoms with Gasteiger partial charge in [-0.2, -0.15) is 0 Å². The van der Waals surface area contributed by atoms with Crippen LogP contribution in [-0.4, -0.2) is 36.8 Å². The minimum Gasteiger partial charge on any atom is -0.359 e. The lowest BCUT2D eigenvalue weighted by atomic mass is 9.92. The van der Waals surface area contributed by atoms with Gasteiger partial charge in [0.05, 0.1) is 11.0 Å². The molecule has 4 rings (SSSR count). The molecular weight excluding hydrogens is 408 g/mol. The zero-order valence-electron chi connectivity index (χ0n) is 17.1. The van der Waals surface area contributed by atoms with Crippen LogP contribution in [0.15, 0.2) is 18.5 Å². The smallest absolute Gasteiger partial charge is 0.328 e. The Kier molecular flexibility index (Phi) is 5.72. The van der Waals surface area contributed by atoms with Gasteiger partial charge in [-0.25, -0.2) is 19.3 Å². The molecule has 4 N–H and O–H groups in total. The molecule has 1 saturated carbocycles. The van der Waals surface area contributed by atoms with E-state index in [9.17, 15) is 0 Å². The number of fused-ring (bicyclic) bond motifs is 1. The first-order chi connectivity index (χ1) is 14.3. The number of nitrogens with one attached hydrogen (secondary N) is 2. The van der Waals surface area contributed by atoms with E-state index in [1.165, 1.54) is 12.4 Å². The minimum atomic E-state index is -2.55. The molecule has 160 valence electrons. The van der Waals surface area contributed by atoms with Gasteiger partial charge in [0.15, 0.2) is 5.82 Å². The van der Waals surface area contributed by atoms with Gasteiger partial charge >= 0.3 is 8.60 Å². The van der Waals surface area contributed by atoms with Crippen molar-refractivity contribution in [3.8, 4) is 11.1 Å². The number of rotatable bonds is 6. The molecule has 0 aliphatic heterocycles. The van der Waals surface area contributed by atoms with Crippen molar-refractivity contribution >= 4 is 25.6 Å². The van der Waals surface area contributed by atoms with Crippen LogP contribution in [0.1, 0.15) is 56.8 Å². The maximum absolute atomic E-state index is 15.7. The molecule has 1 aliphatic rings. The molecule has 10 heteroatoms. The van der Waals surface area contributed by atoms with E-state index >= 15 is 4.39 Å². The first-order valence-electron chi connectivity index (χ1n) is 9.90.